The minimum Gasteiger partial charge on any atom is -0.326 e. The van der Waals surface area contributed by atoms with E-state index in [9.17, 15) is 12.8 Å². The van der Waals surface area contributed by atoms with E-state index >= 15 is 0 Å². The van der Waals surface area contributed by atoms with Crippen molar-refractivity contribution >= 4 is 10.0 Å². The molecule has 1 aliphatic carbocycles. The van der Waals surface area contributed by atoms with Gasteiger partial charge in [0.25, 0.3) is 0 Å². The number of benzene rings is 1. The van der Waals surface area contributed by atoms with Gasteiger partial charge in [-0.05, 0) is 37.5 Å². The van der Waals surface area contributed by atoms with Crippen molar-refractivity contribution in [3.05, 3.63) is 29.6 Å². The topological polar surface area (TPSA) is 72.2 Å². The Bertz CT molecular complexity index is 581. The average molecular weight is 300 g/mol. The molecule has 112 valence electrons. The van der Waals surface area contributed by atoms with Gasteiger partial charge in [-0.25, -0.2) is 17.5 Å². The Morgan fingerprint density at radius 2 is 1.95 bits per heavy atom. The maximum Gasteiger partial charge on any atom is 0.241 e. The number of hydrogen-bond acceptors (Lipinski definition) is 3. The fraction of sp³-hybridized carbons (Fsp3) is 0.571. The number of halogens is 1. The molecule has 0 saturated heterocycles. The van der Waals surface area contributed by atoms with Gasteiger partial charge >= 0.3 is 0 Å². The molecule has 1 aromatic carbocycles. The van der Waals surface area contributed by atoms with Crippen LogP contribution in [0.4, 0.5) is 4.39 Å². The van der Waals surface area contributed by atoms with Crippen LogP contribution in [0.3, 0.4) is 0 Å². The van der Waals surface area contributed by atoms with Gasteiger partial charge in [-0.3, -0.25) is 0 Å². The lowest BCUT2D eigenvalue weighted by atomic mass is 9.84. The maximum atomic E-state index is 13.4. The van der Waals surface area contributed by atoms with Crippen LogP contribution in [0.15, 0.2) is 23.1 Å². The molecule has 0 aromatic heterocycles. The first-order chi connectivity index (χ1) is 9.36. The van der Waals surface area contributed by atoms with Crippen molar-refractivity contribution in [2.75, 3.05) is 0 Å². The molecule has 20 heavy (non-hydrogen) atoms. The zero-order valence-corrected chi connectivity index (χ0v) is 12.5. The molecular formula is C14H21FN2O2S. The van der Waals surface area contributed by atoms with Gasteiger partial charge in [-0.2, -0.15) is 0 Å². The molecule has 0 spiro atoms. The lowest BCUT2D eigenvalue weighted by molar-refractivity contribution is 0.294. The Morgan fingerprint density at radius 3 is 2.55 bits per heavy atom. The molecule has 0 atom stereocenters. The number of nitrogens with two attached hydrogens (primary N) is 1. The predicted octanol–water partition coefficient (Wildman–Crippen LogP) is 2.29. The first kappa shape index (κ1) is 15.4. The van der Waals surface area contributed by atoms with Crippen LogP contribution in [0.2, 0.25) is 0 Å². The molecule has 1 saturated carbocycles. The lowest BCUT2D eigenvalue weighted by Crippen LogP contribution is -2.47. The molecule has 0 aliphatic heterocycles. The van der Waals surface area contributed by atoms with E-state index in [1.165, 1.54) is 12.1 Å². The summed E-state index contributed by atoms with van der Waals surface area (Å²) in [6.45, 7) is 1.97. The second kappa shape index (κ2) is 5.79. The summed E-state index contributed by atoms with van der Waals surface area (Å²) in [5.41, 5.74) is 5.53. The molecule has 4 nitrogen and oxygen atoms in total. The van der Waals surface area contributed by atoms with Gasteiger partial charge in [0.1, 0.15) is 5.82 Å². The quantitative estimate of drug-likeness (QED) is 0.896. The van der Waals surface area contributed by atoms with E-state index in [1.807, 2.05) is 6.92 Å². The van der Waals surface area contributed by atoms with E-state index in [1.54, 1.807) is 0 Å². The molecule has 1 fully saturated rings. The highest BCUT2D eigenvalue weighted by Crippen LogP contribution is 2.30. The van der Waals surface area contributed by atoms with Gasteiger partial charge in [0.05, 0.1) is 4.90 Å². The van der Waals surface area contributed by atoms with E-state index in [-0.39, 0.29) is 11.4 Å². The summed E-state index contributed by atoms with van der Waals surface area (Å²) < 4.78 is 41.1. The molecule has 0 radical (unpaired) electrons. The van der Waals surface area contributed by atoms with Gasteiger partial charge in [0.2, 0.25) is 10.0 Å². The smallest absolute Gasteiger partial charge is 0.241 e. The summed E-state index contributed by atoms with van der Waals surface area (Å²) in [4.78, 5) is -0.0493. The summed E-state index contributed by atoms with van der Waals surface area (Å²) >= 11 is 0. The highest BCUT2D eigenvalue weighted by atomic mass is 32.2. The van der Waals surface area contributed by atoms with Gasteiger partial charge in [0.15, 0.2) is 0 Å². The van der Waals surface area contributed by atoms with E-state index in [2.05, 4.69) is 4.72 Å². The van der Waals surface area contributed by atoms with E-state index < -0.39 is 21.4 Å². The van der Waals surface area contributed by atoms with Crippen LogP contribution >= 0.6 is 0 Å². The molecule has 1 aromatic rings. The third kappa shape index (κ3) is 3.37. The van der Waals surface area contributed by atoms with Crippen molar-refractivity contribution in [1.29, 1.82) is 0 Å². The van der Waals surface area contributed by atoms with Gasteiger partial charge < -0.3 is 5.73 Å². The van der Waals surface area contributed by atoms with Gasteiger partial charge in [-0.15, -0.1) is 0 Å². The van der Waals surface area contributed by atoms with Crippen LogP contribution in [0, 0.1) is 5.82 Å². The van der Waals surface area contributed by atoms with E-state index in [4.69, 9.17) is 5.73 Å². The molecule has 0 bridgehead atoms. The van der Waals surface area contributed by atoms with Crippen molar-refractivity contribution < 1.29 is 12.8 Å². The average Bonchev–Trinajstić information content (AvgIpc) is 2.38. The Morgan fingerprint density at radius 1 is 1.30 bits per heavy atom. The zero-order valence-electron chi connectivity index (χ0n) is 11.7. The standard InChI is InChI=1S/C14H21FN2O2S/c1-14(7-3-2-4-8-14)17-20(18,19)13-9-12(15)6-5-11(13)10-16/h5-6,9,17H,2-4,7-8,10,16H2,1H3. The summed E-state index contributed by atoms with van der Waals surface area (Å²) in [5.74, 6) is -0.573. The monoisotopic (exact) mass is 300 g/mol. The molecular weight excluding hydrogens is 279 g/mol. The molecule has 0 heterocycles. The fourth-order valence-corrected chi connectivity index (χ4v) is 4.49. The summed E-state index contributed by atoms with van der Waals surface area (Å²) in [6, 6.07) is 3.69. The van der Waals surface area contributed by atoms with Crippen LogP contribution in [0.25, 0.3) is 0 Å². The third-order valence-electron chi connectivity index (χ3n) is 3.88. The Labute approximate surface area is 119 Å². The number of hydrogen-bond donors (Lipinski definition) is 2. The number of sulfonamides is 1. The van der Waals surface area contributed by atoms with Crippen molar-refractivity contribution in [3.8, 4) is 0 Å². The second-order valence-electron chi connectivity index (χ2n) is 5.68. The first-order valence-electron chi connectivity index (χ1n) is 6.89. The largest absolute Gasteiger partial charge is 0.326 e. The molecule has 1 aliphatic rings. The minimum atomic E-state index is -3.75. The van der Waals surface area contributed by atoms with Crippen molar-refractivity contribution in [2.24, 2.45) is 5.73 Å². The maximum absolute atomic E-state index is 13.4. The third-order valence-corrected chi connectivity index (χ3v) is 5.60. The first-order valence-corrected chi connectivity index (χ1v) is 8.37. The van der Waals surface area contributed by atoms with Crippen LogP contribution < -0.4 is 10.5 Å². The molecule has 6 heteroatoms. The van der Waals surface area contributed by atoms with Crippen molar-refractivity contribution in [3.63, 3.8) is 0 Å². The Hall–Kier alpha value is -0.980. The predicted molar refractivity (Wildman–Crippen MR) is 76.1 cm³/mol. The minimum absolute atomic E-state index is 0.0493. The molecule has 2 rings (SSSR count). The number of rotatable bonds is 4. The summed E-state index contributed by atoms with van der Waals surface area (Å²) in [7, 11) is -3.75. The SMILES string of the molecule is CC1(NS(=O)(=O)c2cc(F)ccc2CN)CCCCC1. The highest BCUT2D eigenvalue weighted by molar-refractivity contribution is 7.89. The zero-order chi connectivity index (χ0) is 14.8. The summed E-state index contributed by atoms with van der Waals surface area (Å²) in [5, 5.41) is 0. The molecule has 3 N–H and O–H groups in total. The molecule has 0 amide bonds. The normalized spacial score (nSPS) is 18.9. The second-order valence-corrected chi connectivity index (χ2v) is 7.33. The molecule has 0 unspecified atom stereocenters. The summed E-state index contributed by atoms with van der Waals surface area (Å²) in [6.07, 6.45) is 4.75. The van der Waals surface area contributed by atoms with E-state index in [0.717, 1.165) is 38.2 Å². The van der Waals surface area contributed by atoms with Crippen molar-refractivity contribution in [1.82, 2.24) is 4.72 Å². The lowest BCUT2D eigenvalue weighted by Gasteiger charge is -2.34. The van der Waals surface area contributed by atoms with Gasteiger partial charge in [-0.1, -0.05) is 25.3 Å². The van der Waals surface area contributed by atoms with Crippen LogP contribution in [-0.2, 0) is 16.6 Å². The van der Waals surface area contributed by atoms with Crippen molar-refractivity contribution in [2.45, 2.75) is 56.0 Å². The Kier molecular flexibility index (Phi) is 4.46. The van der Waals surface area contributed by atoms with E-state index in [0.29, 0.717) is 5.56 Å². The van der Waals surface area contributed by atoms with Gasteiger partial charge in [0, 0.05) is 12.1 Å². The Balaban J connectivity index is 2.32. The fourth-order valence-electron chi connectivity index (χ4n) is 2.76. The van der Waals surface area contributed by atoms with Crippen LogP contribution in [0.1, 0.15) is 44.6 Å². The highest BCUT2D eigenvalue weighted by Gasteiger charge is 2.33. The number of nitrogens with one attached hydrogen (secondary N) is 1. The van der Waals surface area contributed by atoms with Crippen LogP contribution in [0.5, 0.6) is 0 Å². The van der Waals surface area contributed by atoms with Crippen LogP contribution in [-0.4, -0.2) is 14.0 Å².